The Morgan fingerprint density at radius 2 is 2.20 bits per heavy atom. The van der Waals surface area contributed by atoms with Gasteiger partial charge >= 0.3 is 0 Å². The van der Waals surface area contributed by atoms with Crippen LogP contribution in [0.3, 0.4) is 0 Å². The van der Waals surface area contributed by atoms with E-state index in [0.717, 1.165) is 29.0 Å². The maximum atomic E-state index is 12.1. The summed E-state index contributed by atoms with van der Waals surface area (Å²) in [7, 11) is 0. The van der Waals surface area contributed by atoms with Gasteiger partial charge in [-0.3, -0.25) is 4.79 Å². The first-order valence-electron chi connectivity index (χ1n) is 8.75. The average Bonchev–Trinajstić information content (AvgIpc) is 3.55. The van der Waals surface area contributed by atoms with E-state index >= 15 is 0 Å². The molecule has 8 heteroatoms. The van der Waals surface area contributed by atoms with E-state index < -0.39 is 0 Å². The van der Waals surface area contributed by atoms with E-state index in [1.165, 1.54) is 42.3 Å². The second-order valence-electron chi connectivity index (χ2n) is 6.49. The lowest BCUT2D eigenvalue weighted by Crippen LogP contribution is -2.27. The van der Waals surface area contributed by atoms with E-state index in [9.17, 15) is 4.79 Å². The molecule has 134 valence electrons. The summed E-state index contributed by atoms with van der Waals surface area (Å²) in [4.78, 5) is 13.4. The van der Waals surface area contributed by atoms with Gasteiger partial charge in [0, 0.05) is 34.9 Å². The molecule has 2 saturated carbocycles. The molecule has 0 bridgehead atoms. The van der Waals surface area contributed by atoms with Gasteiger partial charge in [0.15, 0.2) is 5.16 Å². The van der Waals surface area contributed by atoms with Crippen LogP contribution in [0.2, 0.25) is 0 Å². The van der Waals surface area contributed by atoms with E-state index in [2.05, 4.69) is 37.6 Å². The van der Waals surface area contributed by atoms with E-state index in [-0.39, 0.29) is 5.91 Å². The van der Waals surface area contributed by atoms with E-state index in [4.69, 9.17) is 0 Å². The summed E-state index contributed by atoms with van der Waals surface area (Å²) in [6, 6.07) is 4.80. The third-order valence-electron chi connectivity index (χ3n) is 4.27. The van der Waals surface area contributed by atoms with Gasteiger partial charge in [0.25, 0.3) is 0 Å². The molecule has 25 heavy (non-hydrogen) atoms. The molecule has 0 atom stereocenters. The summed E-state index contributed by atoms with van der Waals surface area (Å²) in [5.74, 6) is 4.23. The molecule has 2 aliphatic carbocycles. The SMILES string of the molecule is O=C(CSc1nnc(C2CC2)n1C1CC1)NCCSCc1cccs1. The molecule has 2 heterocycles. The Morgan fingerprint density at radius 1 is 1.32 bits per heavy atom. The molecule has 2 aromatic heterocycles. The molecule has 2 fully saturated rings. The molecule has 4 rings (SSSR count). The second-order valence-corrected chi connectivity index (χ2v) is 9.57. The zero-order valence-corrected chi connectivity index (χ0v) is 16.5. The lowest BCUT2D eigenvalue weighted by atomic mass is 10.4. The zero-order valence-electron chi connectivity index (χ0n) is 14.0. The van der Waals surface area contributed by atoms with Gasteiger partial charge in [-0.2, -0.15) is 11.8 Å². The van der Waals surface area contributed by atoms with Crippen molar-refractivity contribution in [1.82, 2.24) is 20.1 Å². The third-order valence-corrected chi connectivity index (χ3v) is 7.28. The molecule has 0 aliphatic heterocycles. The van der Waals surface area contributed by atoms with Crippen LogP contribution >= 0.6 is 34.9 Å². The summed E-state index contributed by atoms with van der Waals surface area (Å²) in [6.45, 7) is 0.720. The molecule has 0 aromatic carbocycles. The van der Waals surface area contributed by atoms with Crippen LogP contribution in [0.4, 0.5) is 0 Å². The molecule has 1 N–H and O–H groups in total. The highest BCUT2D eigenvalue weighted by Crippen LogP contribution is 2.45. The highest BCUT2D eigenvalue weighted by Gasteiger charge is 2.36. The highest BCUT2D eigenvalue weighted by atomic mass is 32.2. The van der Waals surface area contributed by atoms with Gasteiger partial charge in [-0.15, -0.1) is 21.5 Å². The Hall–Kier alpha value is -0.990. The summed E-state index contributed by atoms with van der Waals surface area (Å²) in [5, 5.41) is 14.8. The van der Waals surface area contributed by atoms with Crippen molar-refractivity contribution >= 4 is 40.8 Å². The van der Waals surface area contributed by atoms with Crippen molar-refractivity contribution in [2.24, 2.45) is 0 Å². The average molecular weight is 395 g/mol. The minimum atomic E-state index is 0.0834. The van der Waals surface area contributed by atoms with Crippen LogP contribution in [0.1, 0.15) is 48.3 Å². The number of carbonyl (C=O) groups excluding carboxylic acids is 1. The molecule has 1 amide bonds. The topological polar surface area (TPSA) is 59.8 Å². The normalized spacial score (nSPS) is 17.0. The smallest absolute Gasteiger partial charge is 0.230 e. The predicted molar refractivity (Wildman–Crippen MR) is 104 cm³/mol. The first kappa shape index (κ1) is 17.4. The van der Waals surface area contributed by atoms with E-state index in [1.807, 2.05) is 11.8 Å². The Kier molecular flexibility index (Phi) is 5.67. The molecule has 0 saturated heterocycles. The molecular formula is C17H22N4OS3. The van der Waals surface area contributed by atoms with Crippen molar-refractivity contribution in [1.29, 1.82) is 0 Å². The number of hydrogen-bond donors (Lipinski definition) is 1. The third kappa shape index (κ3) is 4.80. The molecule has 2 aliphatic rings. The zero-order chi connectivity index (χ0) is 17.1. The fraction of sp³-hybridized carbons (Fsp3) is 0.588. The standard InChI is InChI=1S/C17H22N4OS3/c22-15(18-7-9-23-10-14-2-1-8-24-14)11-25-17-20-19-16(12-3-4-12)21(17)13-5-6-13/h1-2,8,12-13H,3-7,9-11H2,(H,18,22). The number of thiophene rings is 1. The van der Waals surface area contributed by atoms with E-state index in [0.29, 0.717) is 17.7 Å². The lowest BCUT2D eigenvalue weighted by Gasteiger charge is -2.08. The number of nitrogens with one attached hydrogen (secondary N) is 1. The van der Waals surface area contributed by atoms with Gasteiger partial charge in [-0.05, 0) is 37.1 Å². The molecule has 0 radical (unpaired) electrons. The fourth-order valence-corrected chi connectivity index (χ4v) is 5.24. The van der Waals surface area contributed by atoms with Gasteiger partial charge in [0.2, 0.25) is 5.91 Å². The number of nitrogens with zero attached hydrogens (tertiary/aromatic N) is 3. The largest absolute Gasteiger partial charge is 0.355 e. The summed E-state index contributed by atoms with van der Waals surface area (Å²) >= 11 is 5.16. The van der Waals surface area contributed by atoms with Crippen LogP contribution in [0.25, 0.3) is 0 Å². The van der Waals surface area contributed by atoms with Crippen LogP contribution in [-0.2, 0) is 10.5 Å². The molecule has 0 unspecified atom stereocenters. The van der Waals surface area contributed by atoms with Gasteiger partial charge < -0.3 is 9.88 Å². The molecule has 2 aromatic rings. The Labute approximate surface area is 160 Å². The predicted octanol–water partition coefficient (Wildman–Crippen LogP) is 3.69. The van der Waals surface area contributed by atoms with Crippen molar-refractivity contribution in [3.8, 4) is 0 Å². The number of hydrogen-bond acceptors (Lipinski definition) is 6. The number of thioether (sulfide) groups is 2. The molecule has 5 nitrogen and oxygen atoms in total. The minimum Gasteiger partial charge on any atom is -0.355 e. The lowest BCUT2D eigenvalue weighted by molar-refractivity contribution is -0.118. The van der Waals surface area contributed by atoms with Crippen molar-refractivity contribution in [2.75, 3.05) is 18.1 Å². The highest BCUT2D eigenvalue weighted by molar-refractivity contribution is 7.99. The first-order valence-corrected chi connectivity index (χ1v) is 11.8. The van der Waals surface area contributed by atoms with Gasteiger partial charge in [0.1, 0.15) is 5.82 Å². The van der Waals surface area contributed by atoms with Crippen LogP contribution in [0.15, 0.2) is 22.7 Å². The van der Waals surface area contributed by atoms with Crippen LogP contribution in [0.5, 0.6) is 0 Å². The second kappa shape index (κ2) is 8.14. The Balaban J connectivity index is 1.17. The van der Waals surface area contributed by atoms with E-state index in [1.54, 1.807) is 11.3 Å². The van der Waals surface area contributed by atoms with Gasteiger partial charge in [-0.25, -0.2) is 0 Å². The number of carbonyl (C=O) groups is 1. The van der Waals surface area contributed by atoms with Crippen LogP contribution < -0.4 is 5.32 Å². The number of rotatable bonds is 10. The first-order chi connectivity index (χ1) is 12.3. The Bertz CT molecular complexity index is 708. The van der Waals surface area contributed by atoms with Crippen molar-refractivity contribution < 1.29 is 4.79 Å². The monoisotopic (exact) mass is 394 g/mol. The summed E-state index contributed by atoms with van der Waals surface area (Å²) in [5.41, 5.74) is 0. The summed E-state index contributed by atoms with van der Waals surface area (Å²) in [6.07, 6.45) is 4.91. The minimum absolute atomic E-state index is 0.0834. The Morgan fingerprint density at radius 3 is 2.92 bits per heavy atom. The number of aromatic nitrogens is 3. The fourth-order valence-electron chi connectivity index (χ4n) is 2.69. The molecule has 0 spiro atoms. The quantitative estimate of drug-likeness (QED) is 0.492. The van der Waals surface area contributed by atoms with Crippen LogP contribution in [0, 0.1) is 0 Å². The van der Waals surface area contributed by atoms with Crippen LogP contribution in [-0.4, -0.2) is 38.7 Å². The van der Waals surface area contributed by atoms with Crippen molar-refractivity contribution in [2.45, 2.75) is 48.6 Å². The number of amides is 1. The molecular weight excluding hydrogens is 372 g/mol. The maximum absolute atomic E-state index is 12.1. The van der Waals surface area contributed by atoms with Crippen molar-refractivity contribution in [3.05, 3.63) is 28.2 Å². The van der Waals surface area contributed by atoms with Crippen molar-refractivity contribution in [3.63, 3.8) is 0 Å². The van der Waals surface area contributed by atoms with Gasteiger partial charge in [0.05, 0.1) is 5.75 Å². The summed E-state index contributed by atoms with van der Waals surface area (Å²) < 4.78 is 2.30. The maximum Gasteiger partial charge on any atom is 0.230 e. The van der Waals surface area contributed by atoms with Gasteiger partial charge in [-0.1, -0.05) is 17.8 Å².